The van der Waals surface area contributed by atoms with Gasteiger partial charge in [0.25, 0.3) is 0 Å². The van der Waals surface area contributed by atoms with Crippen LogP contribution in [-0.2, 0) is 0 Å². The molecule has 0 amide bonds. The highest BCUT2D eigenvalue weighted by atomic mass is 15.3. The Kier molecular flexibility index (Phi) is 3.93. The molecule has 0 aliphatic rings. The molecule has 0 bridgehead atoms. The van der Waals surface area contributed by atoms with Gasteiger partial charge in [0, 0.05) is 24.2 Å². The molecule has 2 aromatic heterocycles. The second kappa shape index (κ2) is 6.38. The summed E-state index contributed by atoms with van der Waals surface area (Å²) in [6.07, 6.45) is 5.10. The number of rotatable bonds is 4. The lowest BCUT2D eigenvalue weighted by Crippen LogP contribution is -2.10. The molecule has 21 heavy (non-hydrogen) atoms. The lowest BCUT2D eigenvalue weighted by Gasteiger charge is -2.06. The van der Waals surface area contributed by atoms with E-state index in [0.29, 0.717) is 17.4 Å². The quantitative estimate of drug-likeness (QED) is 0.587. The van der Waals surface area contributed by atoms with Gasteiger partial charge < -0.3 is 0 Å². The molecule has 1 aromatic carbocycles. The number of nitrogens with one attached hydrogen (secondary N) is 1. The minimum Gasteiger partial charge on any atom is -0.261 e. The van der Waals surface area contributed by atoms with Crippen LogP contribution in [-0.4, -0.2) is 20.7 Å². The summed E-state index contributed by atoms with van der Waals surface area (Å²) in [7, 11) is 0. The maximum absolute atomic E-state index is 4.41. The molecule has 0 fully saturated rings. The second-order valence-electron chi connectivity index (χ2n) is 4.23. The first-order valence-electron chi connectivity index (χ1n) is 6.51. The van der Waals surface area contributed by atoms with Crippen LogP contribution in [0.3, 0.4) is 0 Å². The fraction of sp³-hybridized carbons (Fsp3) is 0. The van der Waals surface area contributed by atoms with Crippen molar-refractivity contribution in [2.75, 3.05) is 5.43 Å². The number of hydrogen-bond donors (Lipinski definition) is 1. The van der Waals surface area contributed by atoms with Gasteiger partial charge >= 0.3 is 0 Å². The zero-order valence-electron chi connectivity index (χ0n) is 11.2. The van der Waals surface area contributed by atoms with Crippen molar-refractivity contribution in [3.63, 3.8) is 0 Å². The minimum atomic E-state index is 0.562. The molecule has 0 unspecified atom stereocenters. The summed E-state index contributed by atoms with van der Waals surface area (Å²) < 4.78 is 0. The van der Waals surface area contributed by atoms with Crippen molar-refractivity contribution in [2.24, 2.45) is 5.10 Å². The molecule has 0 saturated heterocycles. The molecule has 3 rings (SSSR count). The minimum absolute atomic E-state index is 0.562. The van der Waals surface area contributed by atoms with Gasteiger partial charge in [-0.05, 0) is 18.2 Å². The Morgan fingerprint density at radius 1 is 0.762 bits per heavy atom. The van der Waals surface area contributed by atoms with E-state index < -0.39 is 0 Å². The lowest BCUT2D eigenvalue weighted by atomic mass is 10.1. The molecule has 0 saturated carbocycles. The van der Waals surface area contributed by atoms with Crippen molar-refractivity contribution in [1.82, 2.24) is 15.0 Å². The number of hydrogen-bond acceptors (Lipinski definition) is 5. The van der Waals surface area contributed by atoms with Gasteiger partial charge in [0.05, 0.1) is 0 Å². The summed E-state index contributed by atoms with van der Waals surface area (Å²) in [5.41, 5.74) is 4.54. The smallest absolute Gasteiger partial charge is 0.180 e. The number of benzene rings is 1. The number of pyridine rings is 1. The molecule has 1 N–H and O–H groups in total. The summed E-state index contributed by atoms with van der Waals surface area (Å²) in [4.78, 5) is 12.7. The van der Waals surface area contributed by atoms with Crippen LogP contribution in [0.2, 0.25) is 0 Å². The summed E-state index contributed by atoms with van der Waals surface area (Å²) >= 11 is 0. The molecule has 0 spiro atoms. The number of nitrogens with zero attached hydrogens (tertiary/aromatic N) is 4. The van der Waals surface area contributed by atoms with E-state index in [1.54, 1.807) is 24.7 Å². The highest BCUT2D eigenvalue weighted by molar-refractivity contribution is 6.10. The van der Waals surface area contributed by atoms with E-state index in [1.165, 1.54) is 0 Å². The second-order valence-corrected chi connectivity index (χ2v) is 4.23. The number of anilines is 1. The van der Waals surface area contributed by atoms with Crippen molar-refractivity contribution >= 4 is 11.5 Å². The molecule has 0 radical (unpaired) electrons. The Bertz CT molecular complexity index is 670. The molecule has 102 valence electrons. The van der Waals surface area contributed by atoms with Crippen LogP contribution in [0.1, 0.15) is 11.4 Å². The number of aromatic nitrogens is 3. The maximum atomic E-state index is 4.41. The Hall–Kier alpha value is -3.08. The fourth-order valence-electron chi connectivity index (χ4n) is 1.80. The molecule has 5 heteroatoms. The third kappa shape index (κ3) is 3.27. The zero-order valence-corrected chi connectivity index (χ0v) is 11.2. The third-order valence-electron chi connectivity index (χ3n) is 2.77. The SMILES string of the molecule is c1ccc(/C(=N\Nc2ccccn2)c2ncccn2)cc1. The van der Waals surface area contributed by atoms with Crippen molar-refractivity contribution in [2.45, 2.75) is 0 Å². The van der Waals surface area contributed by atoms with Crippen molar-refractivity contribution in [3.8, 4) is 0 Å². The van der Waals surface area contributed by atoms with Crippen LogP contribution in [0.4, 0.5) is 5.82 Å². The molecule has 2 heterocycles. The first-order chi connectivity index (χ1) is 10.4. The first-order valence-corrected chi connectivity index (χ1v) is 6.51. The van der Waals surface area contributed by atoms with Crippen molar-refractivity contribution in [1.29, 1.82) is 0 Å². The van der Waals surface area contributed by atoms with Crippen molar-refractivity contribution < 1.29 is 0 Å². The Morgan fingerprint density at radius 3 is 2.19 bits per heavy atom. The molecular weight excluding hydrogens is 262 g/mol. The van der Waals surface area contributed by atoms with Gasteiger partial charge in [0.2, 0.25) is 0 Å². The predicted octanol–water partition coefficient (Wildman–Crippen LogP) is 2.74. The van der Waals surface area contributed by atoms with Gasteiger partial charge in [-0.1, -0.05) is 36.4 Å². The van der Waals surface area contributed by atoms with Crippen LogP contribution in [0, 0.1) is 0 Å². The lowest BCUT2D eigenvalue weighted by molar-refractivity contribution is 1.12. The van der Waals surface area contributed by atoms with E-state index in [0.717, 1.165) is 5.56 Å². The first kappa shape index (κ1) is 12.9. The molecule has 5 nitrogen and oxygen atoms in total. The topological polar surface area (TPSA) is 63.1 Å². The van der Waals surface area contributed by atoms with E-state index in [9.17, 15) is 0 Å². The summed E-state index contributed by atoms with van der Waals surface area (Å²) in [5, 5.41) is 4.41. The number of hydrazone groups is 1. The van der Waals surface area contributed by atoms with Crippen LogP contribution in [0.25, 0.3) is 0 Å². The molecule has 0 aliphatic carbocycles. The standard InChI is InChI=1S/C16H13N5/c1-2-7-13(8-3-1)15(16-18-11-6-12-19-16)21-20-14-9-4-5-10-17-14/h1-12H,(H,17,20)/b21-15+. The Balaban J connectivity index is 1.97. The van der Waals surface area contributed by atoms with Gasteiger partial charge in [-0.25, -0.2) is 15.0 Å². The van der Waals surface area contributed by atoms with Crippen LogP contribution >= 0.6 is 0 Å². The maximum Gasteiger partial charge on any atom is 0.180 e. The largest absolute Gasteiger partial charge is 0.261 e. The third-order valence-corrected chi connectivity index (χ3v) is 2.77. The van der Waals surface area contributed by atoms with E-state index >= 15 is 0 Å². The Morgan fingerprint density at radius 2 is 1.48 bits per heavy atom. The summed E-state index contributed by atoms with van der Waals surface area (Å²) in [6, 6.07) is 17.2. The summed E-state index contributed by atoms with van der Waals surface area (Å²) in [5.74, 6) is 1.23. The van der Waals surface area contributed by atoms with E-state index in [1.807, 2.05) is 48.5 Å². The van der Waals surface area contributed by atoms with Gasteiger partial charge in [-0.2, -0.15) is 5.10 Å². The van der Waals surface area contributed by atoms with Crippen LogP contribution in [0.15, 0.2) is 78.3 Å². The van der Waals surface area contributed by atoms with Crippen molar-refractivity contribution in [3.05, 3.63) is 84.6 Å². The average Bonchev–Trinajstić information content (AvgIpc) is 2.58. The van der Waals surface area contributed by atoms with E-state index in [-0.39, 0.29) is 0 Å². The summed E-state index contributed by atoms with van der Waals surface area (Å²) in [6.45, 7) is 0. The van der Waals surface area contributed by atoms with E-state index in [4.69, 9.17) is 0 Å². The van der Waals surface area contributed by atoms with Crippen LogP contribution in [0.5, 0.6) is 0 Å². The van der Waals surface area contributed by atoms with Gasteiger partial charge in [-0.3, -0.25) is 5.43 Å². The van der Waals surface area contributed by atoms with Gasteiger partial charge in [0.15, 0.2) is 5.82 Å². The Labute approximate surface area is 122 Å². The molecule has 3 aromatic rings. The predicted molar refractivity (Wildman–Crippen MR) is 82.0 cm³/mol. The normalized spacial score (nSPS) is 11.1. The van der Waals surface area contributed by atoms with Gasteiger partial charge in [-0.15, -0.1) is 0 Å². The molecule has 0 aliphatic heterocycles. The zero-order chi connectivity index (χ0) is 14.3. The highest BCUT2D eigenvalue weighted by Crippen LogP contribution is 2.08. The van der Waals surface area contributed by atoms with Crippen LogP contribution < -0.4 is 5.43 Å². The fourth-order valence-corrected chi connectivity index (χ4v) is 1.80. The average molecular weight is 275 g/mol. The molecule has 0 atom stereocenters. The monoisotopic (exact) mass is 275 g/mol. The molecular formula is C16H13N5. The van der Waals surface area contributed by atoms with E-state index in [2.05, 4.69) is 25.5 Å². The highest BCUT2D eigenvalue weighted by Gasteiger charge is 2.09. The van der Waals surface area contributed by atoms with Gasteiger partial charge in [0.1, 0.15) is 11.5 Å².